The van der Waals surface area contributed by atoms with Crippen LogP contribution in [0.1, 0.15) is 39.3 Å². The van der Waals surface area contributed by atoms with Gasteiger partial charge in [-0.25, -0.2) is 4.79 Å². The minimum absolute atomic E-state index is 0.0435. The average molecular weight is 449 g/mol. The molecule has 1 fully saturated rings. The Hall–Kier alpha value is -3.30. The van der Waals surface area contributed by atoms with Crippen LogP contribution in [0, 0.1) is 6.92 Å². The number of carbonyl (C=O) groups excluding carboxylic acids is 1. The molecule has 0 unspecified atom stereocenters. The second-order valence-electron chi connectivity index (χ2n) is 8.15. The van der Waals surface area contributed by atoms with Gasteiger partial charge in [-0.1, -0.05) is 41.2 Å². The Kier molecular flexibility index (Phi) is 5.59. The summed E-state index contributed by atoms with van der Waals surface area (Å²) in [5.41, 5.74) is 3.68. The van der Waals surface area contributed by atoms with E-state index >= 15 is 0 Å². The summed E-state index contributed by atoms with van der Waals surface area (Å²) in [6.45, 7) is 4.39. The molecule has 2 N–H and O–H groups in total. The molecule has 1 aliphatic heterocycles. The molecule has 3 heterocycles. The summed E-state index contributed by atoms with van der Waals surface area (Å²) in [4.78, 5) is 30.2. The number of benzene rings is 2. The number of aromatic amines is 1. The SMILES string of the molecule is Cc1ccc(NC(=O)c2nnc(CN3CCC(n4c(=O)[nH]c5ccccc54)CC3)s2)cc1. The van der Waals surface area contributed by atoms with Crippen LogP contribution >= 0.6 is 11.3 Å². The first-order valence-electron chi connectivity index (χ1n) is 10.7. The van der Waals surface area contributed by atoms with E-state index in [1.807, 2.05) is 60.0 Å². The Labute approximate surface area is 188 Å². The molecule has 164 valence electrons. The third-order valence-corrected chi connectivity index (χ3v) is 6.78. The molecule has 8 nitrogen and oxygen atoms in total. The second kappa shape index (κ2) is 8.68. The van der Waals surface area contributed by atoms with Crippen LogP contribution in [0.4, 0.5) is 5.69 Å². The van der Waals surface area contributed by atoms with Gasteiger partial charge in [0.05, 0.1) is 17.6 Å². The first-order valence-corrected chi connectivity index (χ1v) is 11.5. The lowest BCUT2D eigenvalue weighted by Gasteiger charge is -2.31. The van der Waals surface area contributed by atoms with Crippen molar-refractivity contribution in [2.75, 3.05) is 18.4 Å². The van der Waals surface area contributed by atoms with Crippen LogP contribution in [0.25, 0.3) is 11.0 Å². The van der Waals surface area contributed by atoms with E-state index in [4.69, 9.17) is 0 Å². The van der Waals surface area contributed by atoms with Gasteiger partial charge in [0.15, 0.2) is 0 Å². The van der Waals surface area contributed by atoms with Crippen molar-refractivity contribution in [2.45, 2.75) is 32.4 Å². The van der Waals surface area contributed by atoms with Crippen molar-refractivity contribution in [1.29, 1.82) is 0 Å². The van der Waals surface area contributed by atoms with Gasteiger partial charge in [-0.05, 0) is 44.0 Å². The zero-order chi connectivity index (χ0) is 22.1. The van der Waals surface area contributed by atoms with Gasteiger partial charge in [-0.3, -0.25) is 14.3 Å². The van der Waals surface area contributed by atoms with Crippen molar-refractivity contribution in [3.05, 3.63) is 74.6 Å². The van der Waals surface area contributed by atoms with Crippen LogP contribution in [0.2, 0.25) is 0 Å². The fourth-order valence-corrected chi connectivity index (χ4v) is 4.97. The number of fused-ring (bicyclic) bond motifs is 1. The number of imidazole rings is 1. The minimum Gasteiger partial charge on any atom is -0.320 e. The van der Waals surface area contributed by atoms with E-state index in [0.29, 0.717) is 11.6 Å². The lowest BCUT2D eigenvalue weighted by molar-refractivity contribution is 0.102. The number of amides is 1. The van der Waals surface area contributed by atoms with E-state index in [9.17, 15) is 9.59 Å². The van der Waals surface area contributed by atoms with E-state index in [2.05, 4.69) is 25.4 Å². The maximum atomic E-state index is 12.5. The zero-order valence-corrected chi connectivity index (χ0v) is 18.6. The number of piperidine rings is 1. The zero-order valence-electron chi connectivity index (χ0n) is 17.7. The summed E-state index contributed by atoms with van der Waals surface area (Å²) in [6.07, 6.45) is 1.78. The fraction of sp³-hybridized carbons (Fsp3) is 0.304. The van der Waals surface area contributed by atoms with Crippen molar-refractivity contribution < 1.29 is 4.79 Å². The highest BCUT2D eigenvalue weighted by molar-refractivity contribution is 7.13. The monoisotopic (exact) mass is 448 g/mol. The number of para-hydroxylation sites is 2. The molecule has 2 aromatic heterocycles. The summed E-state index contributed by atoms with van der Waals surface area (Å²) in [6, 6.07) is 15.7. The summed E-state index contributed by atoms with van der Waals surface area (Å²) in [5.74, 6) is -0.241. The fourth-order valence-electron chi connectivity index (χ4n) is 4.19. The molecule has 0 radical (unpaired) electrons. The number of carbonyl (C=O) groups is 1. The highest BCUT2D eigenvalue weighted by Gasteiger charge is 2.24. The lowest BCUT2D eigenvalue weighted by Crippen LogP contribution is -2.36. The first kappa shape index (κ1) is 20.6. The predicted molar refractivity (Wildman–Crippen MR) is 125 cm³/mol. The van der Waals surface area contributed by atoms with Crippen molar-refractivity contribution in [3.63, 3.8) is 0 Å². The third-order valence-electron chi connectivity index (χ3n) is 5.88. The largest absolute Gasteiger partial charge is 0.326 e. The van der Waals surface area contributed by atoms with Gasteiger partial charge < -0.3 is 10.3 Å². The Morgan fingerprint density at radius 3 is 2.66 bits per heavy atom. The molecule has 0 spiro atoms. The summed E-state index contributed by atoms with van der Waals surface area (Å²) in [7, 11) is 0. The van der Waals surface area contributed by atoms with Crippen molar-refractivity contribution in [3.8, 4) is 0 Å². The number of rotatable bonds is 5. The quantitative estimate of drug-likeness (QED) is 0.487. The van der Waals surface area contributed by atoms with E-state index in [-0.39, 0.29) is 17.6 Å². The maximum Gasteiger partial charge on any atom is 0.326 e. The molecule has 1 saturated heterocycles. The first-order chi connectivity index (χ1) is 15.6. The molecule has 0 aliphatic carbocycles. The molecular formula is C23H24N6O2S. The average Bonchev–Trinajstić information content (AvgIpc) is 3.40. The molecule has 4 aromatic rings. The Balaban J connectivity index is 1.19. The lowest BCUT2D eigenvalue weighted by atomic mass is 10.0. The van der Waals surface area contributed by atoms with Gasteiger partial charge in [-0.2, -0.15) is 0 Å². The molecular weight excluding hydrogens is 424 g/mol. The molecule has 2 aromatic carbocycles. The Bertz CT molecular complexity index is 1300. The molecule has 1 aliphatic rings. The number of aryl methyl sites for hydroxylation is 1. The number of hydrogen-bond donors (Lipinski definition) is 2. The molecule has 32 heavy (non-hydrogen) atoms. The molecule has 5 rings (SSSR count). The van der Waals surface area contributed by atoms with Crippen LogP contribution in [-0.2, 0) is 6.54 Å². The van der Waals surface area contributed by atoms with Crippen molar-refractivity contribution in [2.24, 2.45) is 0 Å². The molecule has 0 bridgehead atoms. The Morgan fingerprint density at radius 2 is 1.88 bits per heavy atom. The third kappa shape index (κ3) is 4.21. The van der Waals surface area contributed by atoms with E-state index in [0.717, 1.165) is 53.2 Å². The number of aromatic nitrogens is 4. The number of nitrogens with zero attached hydrogens (tertiary/aromatic N) is 4. The van der Waals surface area contributed by atoms with Crippen LogP contribution < -0.4 is 11.0 Å². The van der Waals surface area contributed by atoms with Gasteiger partial charge in [-0.15, -0.1) is 10.2 Å². The highest BCUT2D eigenvalue weighted by atomic mass is 32.1. The highest BCUT2D eigenvalue weighted by Crippen LogP contribution is 2.26. The summed E-state index contributed by atoms with van der Waals surface area (Å²) in [5, 5.41) is 12.3. The van der Waals surface area contributed by atoms with Crippen molar-refractivity contribution >= 4 is 34.0 Å². The van der Waals surface area contributed by atoms with Gasteiger partial charge >= 0.3 is 5.69 Å². The van der Waals surface area contributed by atoms with Gasteiger partial charge in [0, 0.05) is 24.8 Å². The van der Waals surface area contributed by atoms with Crippen LogP contribution in [-0.4, -0.2) is 43.6 Å². The minimum atomic E-state index is -0.241. The summed E-state index contributed by atoms with van der Waals surface area (Å²) < 4.78 is 1.89. The van der Waals surface area contributed by atoms with E-state index in [1.165, 1.54) is 11.3 Å². The van der Waals surface area contributed by atoms with Crippen LogP contribution in [0.3, 0.4) is 0 Å². The smallest absolute Gasteiger partial charge is 0.320 e. The van der Waals surface area contributed by atoms with Gasteiger partial charge in [0.25, 0.3) is 5.91 Å². The van der Waals surface area contributed by atoms with Crippen LogP contribution in [0.15, 0.2) is 53.3 Å². The standard InChI is InChI=1S/C23H24N6O2S/c1-15-6-8-16(9-7-15)24-21(30)22-27-26-20(32-22)14-28-12-10-17(11-13-28)29-19-5-3-2-4-18(19)25-23(29)31/h2-9,17H,10-14H2,1H3,(H,24,30)(H,25,31). The molecule has 9 heteroatoms. The van der Waals surface area contributed by atoms with Crippen LogP contribution in [0.5, 0.6) is 0 Å². The van der Waals surface area contributed by atoms with Gasteiger partial charge in [0.2, 0.25) is 5.01 Å². The second-order valence-corrected chi connectivity index (χ2v) is 9.21. The number of anilines is 1. The number of H-pyrrole nitrogens is 1. The topological polar surface area (TPSA) is 95.9 Å². The van der Waals surface area contributed by atoms with E-state index < -0.39 is 0 Å². The Morgan fingerprint density at radius 1 is 1.12 bits per heavy atom. The maximum absolute atomic E-state index is 12.5. The number of hydrogen-bond acceptors (Lipinski definition) is 6. The van der Waals surface area contributed by atoms with E-state index in [1.54, 1.807) is 0 Å². The normalized spacial score (nSPS) is 15.3. The van der Waals surface area contributed by atoms with Gasteiger partial charge in [0.1, 0.15) is 5.01 Å². The number of likely N-dealkylation sites (tertiary alicyclic amines) is 1. The molecule has 0 atom stereocenters. The number of nitrogens with one attached hydrogen (secondary N) is 2. The molecule has 0 saturated carbocycles. The molecule has 1 amide bonds. The predicted octanol–water partition coefficient (Wildman–Crippen LogP) is 3.58. The summed E-state index contributed by atoms with van der Waals surface area (Å²) >= 11 is 1.32. The van der Waals surface area contributed by atoms with Crippen molar-refractivity contribution in [1.82, 2.24) is 24.6 Å².